The van der Waals surface area contributed by atoms with Crippen molar-refractivity contribution in [3.8, 4) is 0 Å². The Labute approximate surface area is 95.7 Å². The van der Waals surface area contributed by atoms with Crippen LogP contribution in [0.5, 0.6) is 0 Å². The van der Waals surface area contributed by atoms with Crippen LogP contribution in [0, 0.1) is 0 Å². The number of likely N-dealkylation sites (N-methyl/N-ethyl adjacent to an activating group) is 1. The van der Waals surface area contributed by atoms with Crippen molar-refractivity contribution in [3.05, 3.63) is 0 Å². The molecule has 6 heteroatoms. The van der Waals surface area contributed by atoms with Gasteiger partial charge in [0.15, 0.2) is 5.84 Å². The predicted molar refractivity (Wildman–Crippen MR) is 60.5 cm³/mol. The minimum Gasteiger partial charge on any atom is -0.409 e. The molecule has 1 aliphatic heterocycles. The number of ether oxygens (including phenoxy) is 1. The van der Waals surface area contributed by atoms with Crippen LogP contribution in [0.25, 0.3) is 0 Å². The predicted octanol–water partition coefficient (Wildman–Crippen LogP) is -0.405. The molecule has 94 valence electrons. The summed E-state index contributed by atoms with van der Waals surface area (Å²) in [4.78, 5) is 1.88. The number of rotatable bonds is 4. The van der Waals surface area contributed by atoms with Gasteiger partial charge in [-0.05, 0) is 14.0 Å². The van der Waals surface area contributed by atoms with Gasteiger partial charge < -0.3 is 20.8 Å². The summed E-state index contributed by atoms with van der Waals surface area (Å²) in [5, 5.41) is 21.8. The zero-order valence-electron chi connectivity index (χ0n) is 9.89. The van der Waals surface area contributed by atoms with E-state index in [9.17, 15) is 5.11 Å². The zero-order valence-corrected chi connectivity index (χ0v) is 9.89. The summed E-state index contributed by atoms with van der Waals surface area (Å²) < 4.78 is 5.21. The first-order valence-electron chi connectivity index (χ1n) is 5.46. The fourth-order valence-electron chi connectivity index (χ4n) is 1.82. The quantitative estimate of drug-likeness (QED) is 0.265. The van der Waals surface area contributed by atoms with Crippen molar-refractivity contribution in [1.29, 1.82) is 0 Å². The van der Waals surface area contributed by atoms with Crippen molar-refractivity contribution < 1.29 is 15.1 Å². The van der Waals surface area contributed by atoms with E-state index in [0.29, 0.717) is 32.6 Å². The second-order valence-electron chi connectivity index (χ2n) is 4.45. The molecule has 6 nitrogen and oxygen atoms in total. The van der Waals surface area contributed by atoms with Crippen LogP contribution < -0.4 is 5.73 Å². The molecule has 0 amide bonds. The average molecular weight is 231 g/mol. The molecule has 0 saturated carbocycles. The summed E-state index contributed by atoms with van der Waals surface area (Å²) in [5.74, 6) is 0.151. The summed E-state index contributed by atoms with van der Waals surface area (Å²) in [6, 6.07) is -0.197. The molecule has 0 radical (unpaired) electrons. The van der Waals surface area contributed by atoms with Gasteiger partial charge in [-0.15, -0.1) is 0 Å². The van der Waals surface area contributed by atoms with E-state index in [1.165, 1.54) is 0 Å². The van der Waals surface area contributed by atoms with Crippen molar-refractivity contribution in [2.45, 2.75) is 31.4 Å². The van der Waals surface area contributed by atoms with Crippen LogP contribution in [0.2, 0.25) is 0 Å². The Balaban J connectivity index is 2.52. The molecular weight excluding hydrogens is 210 g/mol. The molecule has 0 spiro atoms. The molecule has 1 saturated heterocycles. The molecule has 1 heterocycles. The summed E-state index contributed by atoms with van der Waals surface area (Å²) in [5.41, 5.74) is 4.79. The average Bonchev–Trinajstić information content (AvgIpc) is 2.27. The normalized spacial score (nSPS) is 23.4. The lowest BCUT2D eigenvalue weighted by Crippen LogP contribution is -2.50. The van der Waals surface area contributed by atoms with E-state index in [1.54, 1.807) is 0 Å². The molecule has 0 aromatic heterocycles. The van der Waals surface area contributed by atoms with E-state index >= 15 is 0 Å². The topological polar surface area (TPSA) is 91.3 Å². The van der Waals surface area contributed by atoms with Crippen LogP contribution in [0.15, 0.2) is 5.16 Å². The lowest BCUT2D eigenvalue weighted by atomic mass is 9.93. The van der Waals surface area contributed by atoms with Crippen molar-refractivity contribution in [1.82, 2.24) is 4.90 Å². The molecule has 4 N–H and O–H groups in total. The monoisotopic (exact) mass is 231 g/mol. The van der Waals surface area contributed by atoms with Crippen LogP contribution >= 0.6 is 0 Å². The molecule has 0 bridgehead atoms. The first-order valence-corrected chi connectivity index (χ1v) is 5.46. The molecular formula is C10H21N3O3. The summed E-state index contributed by atoms with van der Waals surface area (Å²) >= 11 is 0. The van der Waals surface area contributed by atoms with Gasteiger partial charge in [0.1, 0.15) is 0 Å². The molecule has 1 fully saturated rings. The third-order valence-electron chi connectivity index (χ3n) is 3.17. The zero-order chi connectivity index (χ0) is 12.2. The molecule has 16 heavy (non-hydrogen) atoms. The van der Waals surface area contributed by atoms with E-state index in [1.807, 2.05) is 18.9 Å². The second kappa shape index (κ2) is 5.47. The highest BCUT2D eigenvalue weighted by Gasteiger charge is 2.32. The number of nitrogens with two attached hydrogens (primary N) is 1. The summed E-state index contributed by atoms with van der Waals surface area (Å²) in [6.45, 7) is 3.50. The SMILES string of the molecule is CC(C(N)=NO)N(C)CC1(O)CCOCC1. The van der Waals surface area contributed by atoms with Gasteiger partial charge in [0.25, 0.3) is 0 Å². The van der Waals surface area contributed by atoms with Crippen molar-refractivity contribution in [2.75, 3.05) is 26.8 Å². The minimum atomic E-state index is -0.725. The Kier molecular flexibility index (Phi) is 4.52. The molecule has 1 atom stereocenters. The van der Waals surface area contributed by atoms with Crippen LogP contribution in [0.3, 0.4) is 0 Å². The number of hydrogen-bond donors (Lipinski definition) is 3. The smallest absolute Gasteiger partial charge is 0.156 e. The molecule has 0 aromatic carbocycles. The molecule has 1 unspecified atom stereocenters. The lowest BCUT2D eigenvalue weighted by Gasteiger charge is -2.37. The minimum absolute atomic E-state index is 0.151. The van der Waals surface area contributed by atoms with Crippen LogP contribution in [0.1, 0.15) is 19.8 Å². The maximum Gasteiger partial charge on any atom is 0.156 e. The fourth-order valence-corrected chi connectivity index (χ4v) is 1.82. The van der Waals surface area contributed by atoms with Gasteiger partial charge in [0, 0.05) is 32.6 Å². The summed E-state index contributed by atoms with van der Waals surface area (Å²) in [7, 11) is 1.84. The van der Waals surface area contributed by atoms with Gasteiger partial charge in [-0.1, -0.05) is 5.16 Å². The lowest BCUT2D eigenvalue weighted by molar-refractivity contribution is -0.0783. The Hall–Kier alpha value is -0.850. The maximum atomic E-state index is 10.3. The summed E-state index contributed by atoms with van der Waals surface area (Å²) in [6.07, 6.45) is 1.25. The Bertz CT molecular complexity index is 252. The second-order valence-corrected chi connectivity index (χ2v) is 4.45. The van der Waals surface area contributed by atoms with Gasteiger partial charge in [-0.25, -0.2) is 0 Å². The van der Waals surface area contributed by atoms with Crippen LogP contribution in [0.4, 0.5) is 0 Å². The first-order chi connectivity index (χ1) is 7.48. The largest absolute Gasteiger partial charge is 0.409 e. The standard InChI is InChI=1S/C10H21N3O3/c1-8(9(11)12-15)13(2)7-10(14)3-5-16-6-4-10/h8,14-15H,3-7H2,1-2H3,(H2,11,12). The van der Waals surface area contributed by atoms with Gasteiger partial charge in [0.2, 0.25) is 0 Å². The number of nitrogens with zero attached hydrogens (tertiary/aromatic N) is 2. The third-order valence-corrected chi connectivity index (χ3v) is 3.17. The van der Waals surface area contributed by atoms with E-state index < -0.39 is 5.60 Å². The van der Waals surface area contributed by atoms with Crippen molar-refractivity contribution in [2.24, 2.45) is 10.9 Å². The third kappa shape index (κ3) is 3.33. The van der Waals surface area contributed by atoms with Gasteiger partial charge >= 0.3 is 0 Å². The van der Waals surface area contributed by atoms with E-state index in [2.05, 4.69) is 5.16 Å². The fraction of sp³-hybridized carbons (Fsp3) is 0.900. The maximum absolute atomic E-state index is 10.3. The molecule has 1 aliphatic rings. The van der Waals surface area contributed by atoms with E-state index in [0.717, 1.165) is 0 Å². The van der Waals surface area contributed by atoms with Gasteiger partial charge in [0.05, 0.1) is 11.6 Å². The highest BCUT2D eigenvalue weighted by molar-refractivity contribution is 5.84. The highest BCUT2D eigenvalue weighted by atomic mass is 16.5. The van der Waals surface area contributed by atoms with E-state index in [4.69, 9.17) is 15.7 Å². The highest BCUT2D eigenvalue weighted by Crippen LogP contribution is 2.21. The van der Waals surface area contributed by atoms with Crippen LogP contribution in [-0.2, 0) is 4.74 Å². The number of hydrogen-bond acceptors (Lipinski definition) is 5. The Morgan fingerprint density at radius 3 is 2.62 bits per heavy atom. The number of aliphatic hydroxyl groups is 1. The number of oxime groups is 1. The van der Waals surface area contributed by atoms with Crippen LogP contribution in [-0.4, -0.2) is 59.5 Å². The molecule has 1 rings (SSSR count). The molecule has 0 aliphatic carbocycles. The first kappa shape index (κ1) is 13.2. The molecule has 0 aromatic rings. The Morgan fingerprint density at radius 1 is 1.56 bits per heavy atom. The number of amidine groups is 1. The van der Waals surface area contributed by atoms with Crippen molar-refractivity contribution in [3.63, 3.8) is 0 Å². The van der Waals surface area contributed by atoms with E-state index in [-0.39, 0.29) is 11.9 Å². The van der Waals surface area contributed by atoms with Crippen molar-refractivity contribution >= 4 is 5.84 Å². The van der Waals surface area contributed by atoms with Gasteiger partial charge in [-0.2, -0.15) is 0 Å². The van der Waals surface area contributed by atoms with Gasteiger partial charge in [-0.3, -0.25) is 4.90 Å². The Morgan fingerprint density at radius 2 is 2.12 bits per heavy atom.